The lowest BCUT2D eigenvalue weighted by molar-refractivity contribution is 0.295. The molecule has 2 rings (SSSR count). The van der Waals surface area contributed by atoms with E-state index < -0.39 is 0 Å². The molecular weight excluding hydrogens is 493 g/mol. The highest BCUT2D eigenvalue weighted by Crippen LogP contribution is 2.17. The SMILES string of the molecule is CCNC(=NCc1ccccc1CN(CC)CC)NCc1nc(C(C)C)cs1.I. The van der Waals surface area contributed by atoms with Crippen LogP contribution in [0.25, 0.3) is 0 Å². The van der Waals surface area contributed by atoms with Crippen molar-refractivity contribution >= 4 is 41.3 Å². The Morgan fingerprint density at radius 3 is 2.38 bits per heavy atom. The van der Waals surface area contributed by atoms with Crippen molar-refractivity contribution in [1.82, 2.24) is 20.5 Å². The van der Waals surface area contributed by atoms with Crippen molar-refractivity contribution in [3.63, 3.8) is 0 Å². The highest BCUT2D eigenvalue weighted by Gasteiger charge is 2.08. The van der Waals surface area contributed by atoms with Crippen molar-refractivity contribution in [3.05, 3.63) is 51.5 Å². The number of rotatable bonds is 10. The van der Waals surface area contributed by atoms with Gasteiger partial charge in [0.15, 0.2) is 5.96 Å². The Morgan fingerprint density at radius 2 is 1.79 bits per heavy atom. The Bertz CT molecular complexity index is 740. The summed E-state index contributed by atoms with van der Waals surface area (Å²) >= 11 is 1.70. The van der Waals surface area contributed by atoms with E-state index >= 15 is 0 Å². The number of halogens is 1. The molecule has 0 fully saturated rings. The van der Waals surface area contributed by atoms with Crippen molar-refractivity contribution in [2.75, 3.05) is 19.6 Å². The monoisotopic (exact) mass is 529 g/mol. The quantitative estimate of drug-likeness (QED) is 0.259. The summed E-state index contributed by atoms with van der Waals surface area (Å²) in [5, 5.41) is 10.0. The highest BCUT2D eigenvalue weighted by atomic mass is 127. The van der Waals surface area contributed by atoms with E-state index in [-0.39, 0.29) is 24.0 Å². The molecule has 1 aromatic carbocycles. The lowest BCUT2D eigenvalue weighted by Crippen LogP contribution is -2.36. The van der Waals surface area contributed by atoms with Gasteiger partial charge in [-0.1, -0.05) is 52.0 Å². The molecule has 0 unspecified atom stereocenters. The molecule has 1 aromatic heterocycles. The van der Waals surface area contributed by atoms with Gasteiger partial charge in [-0.05, 0) is 37.1 Å². The predicted molar refractivity (Wildman–Crippen MR) is 136 cm³/mol. The van der Waals surface area contributed by atoms with Gasteiger partial charge in [-0.15, -0.1) is 35.3 Å². The molecule has 0 aliphatic rings. The second-order valence-electron chi connectivity index (χ2n) is 7.10. The molecule has 0 radical (unpaired) electrons. The van der Waals surface area contributed by atoms with Crippen molar-refractivity contribution in [1.29, 1.82) is 0 Å². The number of thiazole rings is 1. The first-order chi connectivity index (χ1) is 13.6. The lowest BCUT2D eigenvalue weighted by atomic mass is 10.1. The Morgan fingerprint density at radius 1 is 1.10 bits per heavy atom. The average molecular weight is 530 g/mol. The number of aromatic nitrogens is 1. The van der Waals surface area contributed by atoms with Gasteiger partial charge in [-0.2, -0.15) is 0 Å². The molecule has 5 nitrogen and oxygen atoms in total. The van der Waals surface area contributed by atoms with Gasteiger partial charge in [0.05, 0.1) is 18.8 Å². The summed E-state index contributed by atoms with van der Waals surface area (Å²) in [6.07, 6.45) is 0. The van der Waals surface area contributed by atoms with Gasteiger partial charge in [0.2, 0.25) is 0 Å². The molecule has 29 heavy (non-hydrogen) atoms. The van der Waals surface area contributed by atoms with E-state index in [0.29, 0.717) is 19.0 Å². The summed E-state index contributed by atoms with van der Waals surface area (Å²) in [5.41, 5.74) is 3.80. The molecule has 7 heteroatoms. The summed E-state index contributed by atoms with van der Waals surface area (Å²) in [7, 11) is 0. The van der Waals surface area contributed by atoms with Crippen LogP contribution in [-0.4, -0.2) is 35.5 Å². The van der Waals surface area contributed by atoms with Crippen LogP contribution >= 0.6 is 35.3 Å². The molecule has 0 aliphatic carbocycles. The van der Waals surface area contributed by atoms with Gasteiger partial charge in [0.1, 0.15) is 5.01 Å². The fourth-order valence-electron chi connectivity index (χ4n) is 2.89. The average Bonchev–Trinajstić information content (AvgIpc) is 3.18. The molecule has 162 valence electrons. The van der Waals surface area contributed by atoms with Crippen LogP contribution in [0.15, 0.2) is 34.6 Å². The minimum Gasteiger partial charge on any atom is -0.357 e. The minimum atomic E-state index is 0. The third-order valence-electron chi connectivity index (χ3n) is 4.73. The molecule has 2 aromatic rings. The molecule has 0 saturated carbocycles. The molecule has 2 N–H and O–H groups in total. The van der Waals surface area contributed by atoms with Gasteiger partial charge in [0, 0.05) is 18.5 Å². The zero-order valence-corrected chi connectivity index (χ0v) is 21.5. The van der Waals surface area contributed by atoms with Gasteiger partial charge in [0.25, 0.3) is 0 Å². The molecule has 0 aliphatic heterocycles. The van der Waals surface area contributed by atoms with E-state index in [1.807, 2.05) is 0 Å². The molecule has 0 atom stereocenters. The maximum absolute atomic E-state index is 4.81. The normalized spacial score (nSPS) is 11.6. The number of aliphatic imine (C=N–C) groups is 1. The fraction of sp³-hybridized carbons (Fsp3) is 0.545. The van der Waals surface area contributed by atoms with E-state index in [0.717, 1.165) is 42.8 Å². The van der Waals surface area contributed by atoms with Crippen molar-refractivity contribution in [3.8, 4) is 0 Å². The van der Waals surface area contributed by atoms with Gasteiger partial charge in [-0.25, -0.2) is 9.98 Å². The summed E-state index contributed by atoms with van der Waals surface area (Å²) < 4.78 is 0. The van der Waals surface area contributed by atoms with Gasteiger partial charge in [-0.3, -0.25) is 4.90 Å². The second kappa shape index (κ2) is 13.9. The zero-order valence-electron chi connectivity index (χ0n) is 18.4. The third kappa shape index (κ3) is 8.60. The maximum Gasteiger partial charge on any atom is 0.191 e. The molecule has 0 bridgehead atoms. The smallest absolute Gasteiger partial charge is 0.191 e. The Kier molecular flexibility index (Phi) is 12.4. The summed E-state index contributed by atoms with van der Waals surface area (Å²) in [5.74, 6) is 1.30. The molecule has 1 heterocycles. The van der Waals surface area contributed by atoms with Crippen LogP contribution in [-0.2, 0) is 19.6 Å². The largest absolute Gasteiger partial charge is 0.357 e. The number of benzene rings is 1. The van der Waals surface area contributed by atoms with E-state index in [2.05, 4.69) is 79.8 Å². The summed E-state index contributed by atoms with van der Waals surface area (Å²) in [6, 6.07) is 8.61. The van der Waals surface area contributed by atoms with Crippen LogP contribution in [0.1, 0.15) is 62.4 Å². The first-order valence-electron chi connectivity index (χ1n) is 10.3. The topological polar surface area (TPSA) is 52.6 Å². The first-order valence-corrected chi connectivity index (χ1v) is 11.2. The zero-order chi connectivity index (χ0) is 20.4. The van der Waals surface area contributed by atoms with Crippen LogP contribution in [0, 0.1) is 0 Å². The Hall–Kier alpha value is -1.19. The van der Waals surface area contributed by atoms with Crippen LogP contribution in [0.2, 0.25) is 0 Å². The second-order valence-corrected chi connectivity index (χ2v) is 8.04. The molecule has 0 saturated heterocycles. The van der Waals surface area contributed by atoms with Crippen LogP contribution in [0.5, 0.6) is 0 Å². The Balaban J connectivity index is 0.00000420. The number of guanidine groups is 1. The fourth-order valence-corrected chi connectivity index (χ4v) is 3.79. The molecular formula is C22H36IN5S. The Labute approximate surface area is 197 Å². The van der Waals surface area contributed by atoms with E-state index in [9.17, 15) is 0 Å². The number of nitrogens with zero attached hydrogens (tertiary/aromatic N) is 3. The van der Waals surface area contributed by atoms with Gasteiger partial charge < -0.3 is 10.6 Å². The number of hydrogen-bond donors (Lipinski definition) is 2. The van der Waals surface area contributed by atoms with E-state index in [1.54, 1.807) is 11.3 Å². The lowest BCUT2D eigenvalue weighted by Gasteiger charge is -2.20. The number of nitrogens with one attached hydrogen (secondary N) is 2. The highest BCUT2D eigenvalue weighted by molar-refractivity contribution is 14.0. The summed E-state index contributed by atoms with van der Waals surface area (Å²) in [4.78, 5) is 11.9. The third-order valence-corrected chi connectivity index (χ3v) is 5.59. The van der Waals surface area contributed by atoms with Crippen molar-refractivity contribution < 1.29 is 0 Å². The predicted octanol–water partition coefficient (Wildman–Crippen LogP) is 4.98. The van der Waals surface area contributed by atoms with E-state index in [1.165, 1.54) is 11.1 Å². The van der Waals surface area contributed by atoms with Crippen LogP contribution < -0.4 is 10.6 Å². The maximum atomic E-state index is 4.81. The molecule has 0 amide bonds. The van der Waals surface area contributed by atoms with Crippen molar-refractivity contribution in [2.45, 2.75) is 60.2 Å². The van der Waals surface area contributed by atoms with Crippen molar-refractivity contribution in [2.24, 2.45) is 4.99 Å². The first kappa shape index (κ1) is 25.8. The standard InChI is InChI=1S/C22H35N5S.HI/c1-6-23-22(25-14-21-26-20(16-28-21)17(4)5)24-13-18-11-9-10-12-19(18)15-27(7-2)8-3;/h9-12,16-17H,6-8,13-15H2,1-5H3,(H2,23,24,25);1H. The van der Waals surface area contributed by atoms with Gasteiger partial charge >= 0.3 is 0 Å². The van der Waals surface area contributed by atoms with E-state index in [4.69, 9.17) is 9.98 Å². The van der Waals surface area contributed by atoms with Crippen LogP contribution in [0.3, 0.4) is 0 Å². The van der Waals surface area contributed by atoms with Crippen LogP contribution in [0.4, 0.5) is 0 Å². The minimum absolute atomic E-state index is 0. The molecule has 0 spiro atoms. The summed E-state index contributed by atoms with van der Waals surface area (Å²) in [6.45, 7) is 16.1. The number of hydrogen-bond acceptors (Lipinski definition) is 4.